The average molecular weight is 235 g/mol. The maximum Gasteiger partial charge on any atom is 0.391 e. The molecule has 0 spiro atoms. The number of rotatable bonds is 2. The molecule has 0 aliphatic rings. The van der Waals surface area contributed by atoms with E-state index in [0.29, 0.717) is 16.7 Å². The first-order valence-electron chi connectivity index (χ1n) is 4.82. The van der Waals surface area contributed by atoms with E-state index >= 15 is 0 Å². The lowest BCUT2D eigenvalue weighted by Gasteiger charge is -1.94. The fourth-order valence-electron chi connectivity index (χ4n) is 1.56. The highest BCUT2D eigenvalue weighted by Gasteiger charge is 2.19. The zero-order valence-corrected chi connectivity index (χ0v) is 8.95. The molecule has 0 unspecified atom stereocenters. The minimum atomic E-state index is -0.754. The van der Waals surface area contributed by atoms with Crippen LogP contribution in [-0.4, -0.2) is 21.1 Å². The molecule has 0 aliphatic heterocycles. The Morgan fingerprint density at radius 1 is 1.65 bits per heavy atom. The molecule has 0 fully saturated rings. The maximum atomic E-state index is 10.5. The van der Waals surface area contributed by atoms with Crippen LogP contribution in [0.2, 0.25) is 0 Å². The minimum Gasteiger partial charge on any atom is -0.358 e. The summed E-state index contributed by atoms with van der Waals surface area (Å²) in [4.78, 5) is 9.76. The number of hydrogen-bond acceptors (Lipinski definition) is 6. The van der Waals surface area contributed by atoms with Crippen LogP contribution in [0, 0.1) is 17.0 Å². The lowest BCUT2D eigenvalue weighted by Crippen LogP contribution is -2.15. The van der Waals surface area contributed by atoms with Crippen molar-refractivity contribution in [1.82, 2.24) is 5.16 Å². The van der Waals surface area contributed by atoms with E-state index in [-0.39, 0.29) is 6.42 Å². The summed E-state index contributed by atoms with van der Waals surface area (Å²) in [5.41, 5.74) is 1.86. The van der Waals surface area contributed by atoms with Crippen molar-refractivity contribution in [3.05, 3.63) is 39.6 Å². The number of oxime groups is 1. The molecule has 0 bridgehead atoms. The smallest absolute Gasteiger partial charge is 0.358 e. The molecule has 2 aromatic rings. The fraction of sp³-hybridized carbons (Fsp3) is 0.200. The Labute approximate surface area is 95.5 Å². The molecule has 1 aromatic carbocycles. The van der Waals surface area contributed by atoms with Crippen LogP contribution in [0.25, 0.3) is 11.0 Å². The third-order valence-electron chi connectivity index (χ3n) is 2.42. The van der Waals surface area contributed by atoms with Crippen LogP contribution >= 0.6 is 0 Å². The summed E-state index contributed by atoms with van der Waals surface area (Å²) in [6, 6.07) is 5.41. The Balaban J connectivity index is 2.44. The van der Waals surface area contributed by atoms with Gasteiger partial charge in [0.25, 0.3) is 0 Å². The summed E-state index contributed by atoms with van der Waals surface area (Å²) in [7, 11) is 0. The van der Waals surface area contributed by atoms with Gasteiger partial charge in [-0.15, -0.1) is 0 Å². The number of fused-ring (bicyclic) bond motifs is 1. The minimum absolute atomic E-state index is 0.181. The largest absolute Gasteiger partial charge is 0.391 e. The molecule has 7 nitrogen and oxygen atoms in total. The molecule has 17 heavy (non-hydrogen) atoms. The molecule has 88 valence electrons. The first-order valence-corrected chi connectivity index (χ1v) is 4.82. The van der Waals surface area contributed by atoms with Crippen LogP contribution in [0.4, 0.5) is 0 Å². The van der Waals surface area contributed by atoms with Gasteiger partial charge in [0.15, 0.2) is 10.7 Å². The first kappa shape index (κ1) is 11.1. The second-order valence-electron chi connectivity index (χ2n) is 3.53. The van der Waals surface area contributed by atoms with Crippen LogP contribution in [0.3, 0.4) is 0 Å². The van der Waals surface area contributed by atoms with Crippen molar-refractivity contribution in [2.45, 2.75) is 13.3 Å². The van der Waals surface area contributed by atoms with Gasteiger partial charge >= 0.3 is 5.84 Å². The van der Waals surface area contributed by atoms with Crippen LogP contribution in [0.1, 0.15) is 11.3 Å². The van der Waals surface area contributed by atoms with E-state index in [2.05, 4.69) is 10.3 Å². The van der Waals surface area contributed by atoms with Gasteiger partial charge in [-0.25, -0.2) is 0 Å². The summed E-state index contributed by atoms with van der Waals surface area (Å²) < 4.78 is 5.10. The Hall–Kier alpha value is -2.44. The van der Waals surface area contributed by atoms with Crippen LogP contribution in [0.5, 0.6) is 0 Å². The van der Waals surface area contributed by atoms with Gasteiger partial charge < -0.3 is 19.8 Å². The lowest BCUT2D eigenvalue weighted by atomic mass is 10.1. The van der Waals surface area contributed by atoms with Gasteiger partial charge in [-0.05, 0) is 23.5 Å². The number of hydrogen-bond donors (Lipinski definition) is 1. The van der Waals surface area contributed by atoms with E-state index < -0.39 is 10.8 Å². The second kappa shape index (κ2) is 4.20. The lowest BCUT2D eigenvalue weighted by molar-refractivity contribution is -0.355. The molecular formula is C10H9N3O4. The monoisotopic (exact) mass is 235 g/mol. The number of nitrogens with zero attached hydrogens (tertiary/aromatic N) is 3. The Morgan fingerprint density at radius 3 is 3.06 bits per heavy atom. The molecule has 1 N–H and O–H groups in total. The number of amidine groups is 1. The van der Waals surface area contributed by atoms with Crippen molar-refractivity contribution in [3.63, 3.8) is 0 Å². The van der Waals surface area contributed by atoms with Crippen molar-refractivity contribution in [1.29, 1.82) is 0 Å². The number of aryl methyl sites for hydroxylation is 1. The van der Waals surface area contributed by atoms with E-state index in [1.807, 2.05) is 13.0 Å². The van der Waals surface area contributed by atoms with Gasteiger partial charge in [-0.3, -0.25) is 0 Å². The molecular weight excluding hydrogens is 226 g/mol. The first-order chi connectivity index (χ1) is 8.13. The van der Waals surface area contributed by atoms with Gasteiger partial charge in [0.2, 0.25) is 0 Å². The molecule has 2 rings (SSSR count). The highest BCUT2D eigenvalue weighted by Crippen LogP contribution is 2.22. The number of benzene rings is 1. The van der Waals surface area contributed by atoms with Crippen molar-refractivity contribution < 1.29 is 14.7 Å². The SMILES string of the molecule is Cc1cccc2c(C/C(=N/O)[N+](=O)[O-])noc12. The summed E-state index contributed by atoms with van der Waals surface area (Å²) in [6.07, 6.45) is -0.181. The quantitative estimate of drug-likeness (QED) is 0.281. The van der Waals surface area contributed by atoms with E-state index in [9.17, 15) is 10.1 Å². The molecule has 0 saturated heterocycles. The number of para-hydroxylation sites is 1. The molecule has 0 aliphatic carbocycles. The number of nitro groups is 1. The third kappa shape index (κ3) is 1.94. The van der Waals surface area contributed by atoms with Gasteiger partial charge in [0.1, 0.15) is 12.1 Å². The third-order valence-corrected chi connectivity index (χ3v) is 2.42. The average Bonchev–Trinajstić information content (AvgIpc) is 2.70. The van der Waals surface area contributed by atoms with Crippen LogP contribution in [0.15, 0.2) is 27.9 Å². The van der Waals surface area contributed by atoms with E-state index in [1.165, 1.54) is 0 Å². The molecule has 0 atom stereocenters. The fourth-order valence-corrected chi connectivity index (χ4v) is 1.56. The molecule has 0 saturated carbocycles. The standard InChI is InChI=1S/C10H9N3O4/c1-6-3-2-4-7-8(12-17-10(6)7)5-9(11-14)13(15)16/h2-4,14H,5H2,1H3/b11-9-. The predicted octanol–water partition coefficient (Wildman–Crippen LogP) is 1.74. The van der Waals surface area contributed by atoms with Crippen molar-refractivity contribution in [2.75, 3.05) is 0 Å². The zero-order chi connectivity index (χ0) is 12.4. The van der Waals surface area contributed by atoms with Gasteiger partial charge in [-0.1, -0.05) is 17.3 Å². The van der Waals surface area contributed by atoms with Crippen LogP contribution < -0.4 is 0 Å². The molecule has 7 heteroatoms. The van der Waals surface area contributed by atoms with E-state index in [1.54, 1.807) is 12.1 Å². The van der Waals surface area contributed by atoms with Gasteiger partial charge in [0.05, 0.1) is 0 Å². The second-order valence-corrected chi connectivity index (χ2v) is 3.53. The summed E-state index contributed by atoms with van der Waals surface area (Å²) in [5, 5.41) is 26.1. The van der Waals surface area contributed by atoms with Gasteiger partial charge in [0, 0.05) is 5.39 Å². The molecule has 1 heterocycles. The van der Waals surface area contributed by atoms with E-state index in [4.69, 9.17) is 9.73 Å². The summed E-state index contributed by atoms with van der Waals surface area (Å²) in [6.45, 7) is 1.85. The Morgan fingerprint density at radius 2 is 2.41 bits per heavy atom. The molecule has 0 radical (unpaired) electrons. The van der Waals surface area contributed by atoms with Crippen molar-refractivity contribution in [3.8, 4) is 0 Å². The molecule has 1 aromatic heterocycles. The number of aromatic nitrogens is 1. The summed E-state index contributed by atoms with van der Waals surface area (Å²) >= 11 is 0. The highest BCUT2D eigenvalue weighted by atomic mass is 16.6. The van der Waals surface area contributed by atoms with Crippen LogP contribution in [-0.2, 0) is 6.42 Å². The Bertz CT molecular complexity index is 603. The molecule has 0 amide bonds. The topological polar surface area (TPSA) is 102 Å². The van der Waals surface area contributed by atoms with Crippen molar-refractivity contribution >= 4 is 16.8 Å². The van der Waals surface area contributed by atoms with Crippen molar-refractivity contribution in [2.24, 2.45) is 5.16 Å². The maximum absolute atomic E-state index is 10.5. The van der Waals surface area contributed by atoms with E-state index in [0.717, 1.165) is 5.56 Å². The predicted molar refractivity (Wildman–Crippen MR) is 58.7 cm³/mol. The van der Waals surface area contributed by atoms with Gasteiger partial charge in [-0.2, -0.15) is 0 Å². The summed E-state index contributed by atoms with van der Waals surface area (Å²) in [5.74, 6) is -0.568. The highest BCUT2D eigenvalue weighted by molar-refractivity contribution is 5.86. The zero-order valence-electron chi connectivity index (χ0n) is 8.95. The Kier molecular flexibility index (Phi) is 2.73. The normalized spacial score (nSPS) is 11.9.